The molecule has 0 bridgehead atoms. The molecule has 0 aromatic heterocycles. The van der Waals surface area contributed by atoms with E-state index < -0.39 is 17.6 Å². The molecule has 0 spiro atoms. The standard InChI is InChI=1S/C14H15ClF3N3O/c15-21-13(19)20-12(22)9-5-6-10(8-3-1-2-4-8)11(7-9)14(16,17)18/h5-8H,1-4H2,(H3,19,20,21,22). The summed E-state index contributed by atoms with van der Waals surface area (Å²) < 4.78 is 42.8. The van der Waals surface area contributed by atoms with Crippen LogP contribution in [0, 0.1) is 0 Å². The third-order valence-electron chi connectivity index (χ3n) is 3.75. The average molecular weight is 334 g/mol. The molecule has 22 heavy (non-hydrogen) atoms. The number of rotatable bonds is 2. The molecule has 0 saturated heterocycles. The Hall–Kier alpha value is -1.76. The molecule has 120 valence electrons. The Bertz CT molecular complexity index is 595. The van der Waals surface area contributed by atoms with Gasteiger partial charge in [0.15, 0.2) is 0 Å². The van der Waals surface area contributed by atoms with Gasteiger partial charge in [0.1, 0.15) is 0 Å². The highest BCUT2D eigenvalue weighted by Crippen LogP contribution is 2.41. The summed E-state index contributed by atoms with van der Waals surface area (Å²) in [6.07, 6.45) is -1.19. The summed E-state index contributed by atoms with van der Waals surface area (Å²) in [6, 6.07) is 3.59. The maximum atomic E-state index is 13.3. The Balaban J connectivity index is 2.37. The van der Waals surface area contributed by atoms with Crippen molar-refractivity contribution in [1.29, 1.82) is 0 Å². The molecule has 0 aliphatic heterocycles. The van der Waals surface area contributed by atoms with Gasteiger partial charge in [-0.15, -0.1) is 4.51 Å². The van der Waals surface area contributed by atoms with Crippen molar-refractivity contribution >= 4 is 23.6 Å². The van der Waals surface area contributed by atoms with Gasteiger partial charge >= 0.3 is 6.18 Å². The number of hydrogen-bond acceptors (Lipinski definition) is 2. The molecule has 3 N–H and O–H groups in total. The molecule has 2 rings (SSSR count). The monoisotopic (exact) mass is 333 g/mol. The van der Waals surface area contributed by atoms with Crippen molar-refractivity contribution in [3.8, 4) is 0 Å². The van der Waals surface area contributed by atoms with Crippen LogP contribution in [-0.2, 0) is 6.18 Å². The van der Waals surface area contributed by atoms with Crippen LogP contribution in [0.3, 0.4) is 0 Å². The fraction of sp³-hybridized carbons (Fsp3) is 0.429. The SMILES string of the molecule is NC(=NCl)NC(=O)c1ccc(C2CCCC2)c(C(F)(F)F)c1. The van der Waals surface area contributed by atoms with E-state index in [9.17, 15) is 18.0 Å². The number of nitrogens with one attached hydrogen (secondary N) is 1. The maximum Gasteiger partial charge on any atom is 0.416 e. The molecule has 1 aliphatic carbocycles. The Labute approximate surface area is 130 Å². The lowest BCUT2D eigenvalue weighted by Crippen LogP contribution is -2.36. The summed E-state index contributed by atoms with van der Waals surface area (Å²) in [5, 5.41) is 2.10. The molecule has 1 aliphatic rings. The van der Waals surface area contributed by atoms with Crippen LogP contribution in [0.2, 0.25) is 0 Å². The maximum absolute atomic E-state index is 13.3. The first-order chi connectivity index (χ1) is 10.3. The Morgan fingerprint density at radius 3 is 2.50 bits per heavy atom. The number of benzene rings is 1. The predicted molar refractivity (Wildman–Crippen MR) is 77.6 cm³/mol. The van der Waals surface area contributed by atoms with Crippen molar-refractivity contribution in [3.05, 3.63) is 34.9 Å². The van der Waals surface area contributed by atoms with Gasteiger partial charge < -0.3 is 5.73 Å². The fourth-order valence-electron chi connectivity index (χ4n) is 2.75. The number of nitrogens with two attached hydrogens (primary N) is 1. The summed E-state index contributed by atoms with van der Waals surface area (Å²) in [4.78, 5) is 11.8. The number of amides is 1. The summed E-state index contributed by atoms with van der Waals surface area (Å²) >= 11 is 5.07. The van der Waals surface area contributed by atoms with Crippen molar-refractivity contribution < 1.29 is 18.0 Å². The second-order valence-electron chi connectivity index (χ2n) is 5.21. The highest BCUT2D eigenvalue weighted by molar-refractivity contribution is 6.21. The molecule has 4 nitrogen and oxygen atoms in total. The number of halogens is 4. The van der Waals surface area contributed by atoms with Gasteiger partial charge in [0, 0.05) is 17.3 Å². The number of nitrogens with zero attached hydrogens (tertiary/aromatic N) is 1. The van der Waals surface area contributed by atoms with Gasteiger partial charge in [0.05, 0.1) is 5.56 Å². The molecule has 0 heterocycles. The zero-order chi connectivity index (χ0) is 16.3. The number of alkyl halides is 3. The first-order valence-corrected chi connectivity index (χ1v) is 7.13. The number of guanidine groups is 1. The summed E-state index contributed by atoms with van der Waals surface area (Å²) in [6.45, 7) is 0. The molecular formula is C14H15ClF3N3O. The van der Waals surface area contributed by atoms with Crippen molar-refractivity contribution in [2.75, 3.05) is 0 Å². The third-order valence-corrected chi connectivity index (χ3v) is 3.93. The van der Waals surface area contributed by atoms with E-state index in [0.29, 0.717) is 0 Å². The normalized spacial score (nSPS) is 16.8. The lowest BCUT2D eigenvalue weighted by atomic mass is 9.91. The van der Waals surface area contributed by atoms with Crippen LogP contribution in [0.15, 0.2) is 22.7 Å². The van der Waals surface area contributed by atoms with Gasteiger partial charge in [-0.3, -0.25) is 10.1 Å². The molecule has 1 aromatic rings. The van der Waals surface area contributed by atoms with E-state index in [4.69, 9.17) is 17.5 Å². The lowest BCUT2D eigenvalue weighted by Gasteiger charge is -2.18. The minimum absolute atomic E-state index is 0.108. The molecule has 1 amide bonds. The Morgan fingerprint density at radius 2 is 1.95 bits per heavy atom. The molecule has 0 unspecified atom stereocenters. The minimum Gasteiger partial charge on any atom is -0.369 e. The van der Waals surface area contributed by atoms with Crippen molar-refractivity contribution in [1.82, 2.24) is 5.32 Å². The van der Waals surface area contributed by atoms with Crippen molar-refractivity contribution in [2.45, 2.75) is 37.8 Å². The van der Waals surface area contributed by atoms with Crippen LogP contribution < -0.4 is 11.1 Å². The van der Waals surface area contributed by atoms with Crippen LogP contribution in [0.1, 0.15) is 53.1 Å². The van der Waals surface area contributed by atoms with Crippen LogP contribution in [0.4, 0.5) is 13.2 Å². The topological polar surface area (TPSA) is 67.5 Å². The van der Waals surface area contributed by atoms with E-state index in [1.807, 2.05) is 0 Å². The second-order valence-corrected chi connectivity index (χ2v) is 5.37. The average Bonchev–Trinajstić information content (AvgIpc) is 2.99. The highest BCUT2D eigenvalue weighted by Gasteiger charge is 2.36. The summed E-state index contributed by atoms with van der Waals surface area (Å²) in [5.41, 5.74) is 4.57. The molecule has 0 atom stereocenters. The van der Waals surface area contributed by atoms with Gasteiger partial charge in [0.2, 0.25) is 5.96 Å². The van der Waals surface area contributed by atoms with Gasteiger partial charge in [-0.05, 0) is 36.5 Å². The predicted octanol–water partition coefficient (Wildman–Crippen LogP) is 3.56. The first kappa shape index (κ1) is 16.6. The molecule has 1 fully saturated rings. The Morgan fingerprint density at radius 1 is 1.32 bits per heavy atom. The molecule has 1 aromatic carbocycles. The number of hydrogen-bond donors (Lipinski definition) is 2. The van der Waals surface area contributed by atoms with Gasteiger partial charge in [0.25, 0.3) is 5.91 Å². The van der Waals surface area contributed by atoms with Gasteiger partial charge in [-0.2, -0.15) is 13.2 Å². The van der Waals surface area contributed by atoms with E-state index >= 15 is 0 Å². The van der Waals surface area contributed by atoms with Crippen molar-refractivity contribution in [2.24, 2.45) is 10.2 Å². The van der Waals surface area contributed by atoms with Gasteiger partial charge in [-0.25, -0.2) is 0 Å². The minimum atomic E-state index is -4.51. The van der Waals surface area contributed by atoms with E-state index in [1.165, 1.54) is 12.1 Å². The van der Waals surface area contributed by atoms with Crippen LogP contribution >= 0.6 is 11.8 Å². The van der Waals surface area contributed by atoms with E-state index in [1.54, 1.807) is 0 Å². The third kappa shape index (κ3) is 3.71. The smallest absolute Gasteiger partial charge is 0.369 e. The Kier molecular flexibility index (Phi) is 4.95. The lowest BCUT2D eigenvalue weighted by molar-refractivity contribution is -0.138. The molecule has 1 saturated carbocycles. The second kappa shape index (κ2) is 6.56. The number of carbonyl (C=O) groups excluding carboxylic acids is 1. The van der Waals surface area contributed by atoms with E-state index in [0.717, 1.165) is 31.7 Å². The zero-order valence-electron chi connectivity index (χ0n) is 11.6. The van der Waals surface area contributed by atoms with Crippen LogP contribution in [0.25, 0.3) is 0 Å². The molecule has 0 radical (unpaired) electrons. The van der Waals surface area contributed by atoms with Crippen molar-refractivity contribution in [3.63, 3.8) is 0 Å². The highest BCUT2D eigenvalue weighted by atomic mass is 35.5. The largest absolute Gasteiger partial charge is 0.416 e. The quantitative estimate of drug-likeness (QED) is 0.642. The summed E-state index contributed by atoms with van der Waals surface area (Å²) in [7, 11) is 0. The molecular weight excluding hydrogens is 319 g/mol. The van der Waals surface area contributed by atoms with Crippen LogP contribution in [-0.4, -0.2) is 11.9 Å². The summed E-state index contributed by atoms with van der Waals surface area (Å²) in [5.74, 6) is -1.27. The molecule has 8 heteroatoms. The van der Waals surface area contributed by atoms with E-state index in [-0.39, 0.29) is 23.0 Å². The number of carbonyl (C=O) groups is 1. The van der Waals surface area contributed by atoms with E-state index in [2.05, 4.69) is 9.83 Å². The first-order valence-electron chi connectivity index (χ1n) is 6.80. The zero-order valence-corrected chi connectivity index (χ0v) is 12.3. The van der Waals surface area contributed by atoms with Gasteiger partial charge in [-0.1, -0.05) is 18.9 Å². The van der Waals surface area contributed by atoms with Crippen LogP contribution in [0.5, 0.6) is 0 Å². The fourth-order valence-corrected chi connectivity index (χ4v) is 2.79.